The molecule has 3 aromatic rings. The van der Waals surface area contributed by atoms with Crippen molar-refractivity contribution in [3.63, 3.8) is 0 Å². The minimum atomic E-state index is -1.12. The van der Waals surface area contributed by atoms with Gasteiger partial charge in [-0.25, -0.2) is 14.8 Å². The van der Waals surface area contributed by atoms with E-state index in [9.17, 15) is 15.0 Å². The summed E-state index contributed by atoms with van der Waals surface area (Å²) in [4.78, 5) is 22.8. The number of rotatable bonds is 12. The number of ether oxygens (including phenoxy) is 1. The van der Waals surface area contributed by atoms with Gasteiger partial charge in [0.15, 0.2) is 6.23 Å². The fourth-order valence-electron chi connectivity index (χ4n) is 4.89. The molecule has 2 aromatic heterocycles. The van der Waals surface area contributed by atoms with Crippen molar-refractivity contribution in [2.24, 2.45) is 0 Å². The first-order valence-electron chi connectivity index (χ1n) is 13.7. The number of aromatic nitrogens is 3. The number of nitrogen functional groups attached to an aromatic ring is 1. The van der Waals surface area contributed by atoms with Crippen molar-refractivity contribution >= 4 is 28.6 Å². The summed E-state index contributed by atoms with van der Waals surface area (Å²) in [5, 5.41) is 28.0. The van der Waals surface area contributed by atoms with Crippen LogP contribution in [-0.2, 0) is 11.2 Å². The highest BCUT2D eigenvalue weighted by atomic mass is 16.6. The third-order valence-corrected chi connectivity index (χ3v) is 7.23. The molecule has 11 heteroatoms. The van der Waals surface area contributed by atoms with E-state index in [1.54, 1.807) is 16.8 Å². The van der Waals surface area contributed by atoms with Crippen LogP contribution in [0, 0.1) is 0 Å². The first-order valence-corrected chi connectivity index (χ1v) is 13.7. The fraction of sp³-hybridized carbons (Fsp3) is 0.536. The molecule has 212 valence electrons. The molecule has 1 aliphatic heterocycles. The number of nitrogens with zero attached hydrogens (tertiary/aromatic N) is 4. The van der Waals surface area contributed by atoms with E-state index in [4.69, 9.17) is 10.5 Å². The number of nitrogens with one attached hydrogen (secondary N) is 2. The minimum absolute atomic E-state index is 0.178. The van der Waals surface area contributed by atoms with Gasteiger partial charge in [0, 0.05) is 37.6 Å². The average molecular weight is 540 g/mol. The molecule has 1 aliphatic rings. The van der Waals surface area contributed by atoms with Gasteiger partial charge in [0.1, 0.15) is 36.1 Å². The first-order chi connectivity index (χ1) is 18.8. The molecule has 0 bridgehead atoms. The second-order valence-corrected chi connectivity index (χ2v) is 10.4. The molecule has 0 radical (unpaired) electrons. The lowest BCUT2D eigenvalue weighted by molar-refractivity contribution is -0.0465. The predicted octanol–water partition coefficient (Wildman–Crippen LogP) is 2.90. The van der Waals surface area contributed by atoms with Gasteiger partial charge in [-0.3, -0.25) is 4.90 Å². The quantitative estimate of drug-likeness (QED) is 0.221. The summed E-state index contributed by atoms with van der Waals surface area (Å²) in [6, 6.07) is 9.67. The van der Waals surface area contributed by atoms with Gasteiger partial charge in [-0.15, -0.1) is 0 Å². The Morgan fingerprint density at radius 1 is 1.15 bits per heavy atom. The Balaban J connectivity index is 1.26. The summed E-state index contributed by atoms with van der Waals surface area (Å²) < 4.78 is 7.82. The molecule has 6 N–H and O–H groups in total. The zero-order valence-electron chi connectivity index (χ0n) is 23.0. The van der Waals surface area contributed by atoms with Gasteiger partial charge >= 0.3 is 6.03 Å². The molecule has 1 aromatic carbocycles. The Labute approximate surface area is 229 Å². The molecule has 2 amide bonds. The van der Waals surface area contributed by atoms with Gasteiger partial charge in [-0.05, 0) is 56.9 Å². The summed E-state index contributed by atoms with van der Waals surface area (Å²) >= 11 is 0. The molecule has 4 atom stereocenters. The van der Waals surface area contributed by atoms with Crippen LogP contribution >= 0.6 is 0 Å². The summed E-state index contributed by atoms with van der Waals surface area (Å²) in [5.41, 5.74) is 8.51. The van der Waals surface area contributed by atoms with E-state index in [1.165, 1.54) is 11.9 Å². The zero-order chi connectivity index (χ0) is 27.9. The van der Waals surface area contributed by atoms with Crippen molar-refractivity contribution in [1.29, 1.82) is 0 Å². The van der Waals surface area contributed by atoms with E-state index in [0.29, 0.717) is 36.5 Å². The van der Waals surface area contributed by atoms with Crippen LogP contribution in [0.5, 0.6) is 0 Å². The number of urea groups is 1. The molecular formula is C28H41N7O4. The lowest BCUT2D eigenvalue weighted by Crippen LogP contribution is -2.44. The van der Waals surface area contributed by atoms with Crippen molar-refractivity contribution in [2.45, 2.75) is 77.0 Å². The van der Waals surface area contributed by atoms with Crippen molar-refractivity contribution in [2.75, 3.05) is 30.7 Å². The maximum Gasteiger partial charge on any atom is 0.319 e. The lowest BCUT2D eigenvalue weighted by atomic mass is 10.1. The SMILES string of the molecule is CCCCc1ccc(NC(=O)NCCCN(C[C@H]2O[C@@H](n3ccc4c(N)ncnc43)C(O)C2O)C(C)C)cc1. The maximum atomic E-state index is 12.3. The molecule has 0 aliphatic carbocycles. The number of benzene rings is 1. The molecule has 39 heavy (non-hydrogen) atoms. The number of hydrogen-bond donors (Lipinski definition) is 5. The second kappa shape index (κ2) is 13.2. The lowest BCUT2D eigenvalue weighted by Gasteiger charge is -2.30. The van der Waals surface area contributed by atoms with Gasteiger partial charge in [-0.2, -0.15) is 0 Å². The Morgan fingerprint density at radius 2 is 1.92 bits per heavy atom. The maximum absolute atomic E-state index is 12.3. The fourth-order valence-corrected chi connectivity index (χ4v) is 4.89. The van der Waals surface area contributed by atoms with Crippen LogP contribution in [0.1, 0.15) is 51.8 Å². The van der Waals surface area contributed by atoms with Crippen molar-refractivity contribution in [1.82, 2.24) is 24.8 Å². The molecule has 4 rings (SSSR count). The standard InChI is InChI=1S/C28H41N7O4/c1-4-5-7-19-8-10-20(11-9-19)33-28(38)30-13-6-14-34(18(2)3)16-22-23(36)24(37)27(39-22)35-15-12-21-25(29)31-17-32-26(21)35/h8-12,15,17-18,22-24,27,36-37H,4-7,13-14,16H2,1-3H3,(H2,29,31,32)(H2,30,33,38)/t22-,23?,24?,27-/m1/s1. The van der Waals surface area contributed by atoms with E-state index in [0.717, 1.165) is 31.4 Å². The smallest absolute Gasteiger partial charge is 0.319 e. The average Bonchev–Trinajstić information content (AvgIpc) is 3.47. The highest BCUT2D eigenvalue weighted by Gasteiger charge is 2.44. The largest absolute Gasteiger partial charge is 0.387 e. The molecule has 3 heterocycles. The molecule has 1 saturated heterocycles. The summed E-state index contributed by atoms with van der Waals surface area (Å²) in [6.07, 6.45) is 3.59. The number of unbranched alkanes of at least 4 members (excludes halogenated alkanes) is 1. The topological polar surface area (TPSA) is 151 Å². The van der Waals surface area contributed by atoms with Crippen molar-refractivity contribution in [3.8, 4) is 0 Å². The summed E-state index contributed by atoms with van der Waals surface area (Å²) in [5.74, 6) is 0.344. The Bertz CT molecular complexity index is 1220. The third kappa shape index (κ3) is 7.04. The Kier molecular flexibility index (Phi) is 9.73. The van der Waals surface area contributed by atoms with E-state index >= 15 is 0 Å². The summed E-state index contributed by atoms with van der Waals surface area (Å²) in [7, 11) is 0. The van der Waals surface area contributed by atoms with Gasteiger partial charge in [0.05, 0.1) is 5.39 Å². The Morgan fingerprint density at radius 3 is 2.64 bits per heavy atom. The third-order valence-electron chi connectivity index (χ3n) is 7.23. The van der Waals surface area contributed by atoms with E-state index in [2.05, 4.69) is 58.4 Å². The highest BCUT2D eigenvalue weighted by molar-refractivity contribution is 5.89. The molecule has 0 saturated carbocycles. The first kappa shape index (κ1) is 28.8. The van der Waals surface area contributed by atoms with Crippen molar-refractivity contribution < 1.29 is 19.7 Å². The number of carbonyl (C=O) groups excluding carboxylic acids is 1. The van der Waals surface area contributed by atoms with Crippen LogP contribution in [0.25, 0.3) is 11.0 Å². The number of carbonyl (C=O) groups is 1. The zero-order valence-corrected chi connectivity index (χ0v) is 23.0. The van der Waals surface area contributed by atoms with Crippen LogP contribution < -0.4 is 16.4 Å². The molecule has 11 nitrogen and oxygen atoms in total. The predicted molar refractivity (Wildman–Crippen MR) is 151 cm³/mol. The van der Waals surface area contributed by atoms with Crippen LogP contribution in [-0.4, -0.2) is 79.7 Å². The van der Waals surface area contributed by atoms with Crippen molar-refractivity contribution in [3.05, 3.63) is 48.4 Å². The number of aliphatic hydroxyl groups is 2. The van der Waals surface area contributed by atoms with Crippen LogP contribution in [0.4, 0.5) is 16.3 Å². The van der Waals surface area contributed by atoms with Crippen LogP contribution in [0.15, 0.2) is 42.9 Å². The van der Waals surface area contributed by atoms with Crippen LogP contribution in [0.3, 0.4) is 0 Å². The van der Waals surface area contributed by atoms with E-state index in [-0.39, 0.29) is 12.1 Å². The number of anilines is 2. The molecule has 2 unspecified atom stereocenters. The minimum Gasteiger partial charge on any atom is -0.387 e. The van der Waals surface area contributed by atoms with Gasteiger partial charge in [-0.1, -0.05) is 25.5 Å². The molecule has 0 spiro atoms. The van der Waals surface area contributed by atoms with Gasteiger partial charge in [0.2, 0.25) is 0 Å². The normalized spacial score (nSPS) is 21.2. The number of aryl methyl sites for hydroxylation is 1. The highest BCUT2D eigenvalue weighted by Crippen LogP contribution is 2.33. The second-order valence-electron chi connectivity index (χ2n) is 10.4. The van der Waals surface area contributed by atoms with Gasteiger partial charge in [0.25, 0.3) is 0 Å². The van der Waals surface area contributed by atoms with Crippen LogP contribution in [0.2, 0.25) is 0 Å². The number of aliphatic hydroxyl groups excluding tert-OH is 2. The van der Waals surface area contributed by atoms with E-state index in [1.807, 2.05) is 12.1 Å². The summed E-state index contributed by atoms with van der Waals surface area (Å²) in [6.45, 7) is 7.93. The number of nitrogens with two attached hydrogens (primary N) is 1. The Hall–Kier alpha value is -3.25. The van der Waals surface area contributed by atoms with Gasteiger partial charge < -0.3 is 35.9 Å². The van der Waals surface area contributed by atoms with E-state index < -0.39 is 24.5 Å². The molecular weight excluding hydrogens is 498 g/mol. The number of amides is 2. The monoisotopic (exact) mass is 539 g/mol. The molecule has 1 fully saturated rings. The number of fused-ring (bicyclic) bond motifs is 1. The number of hydrogen-bond acceptors (Lipinski definition) is 8.